The second-order valence-electron chi connectivity index (χ2n) is 2.91. The number of fused-ring (bicyclic) bond motifs is 1. The molecule has 0 aliphatic carbocycles. The van der Waals surface area contributed by atoms with E-state index in [1.54, 1.807) is 4.98 Å². The van der Waals surface area contributed by atoms with Gasteiger partial charge >= 0.3 is 5.69 Å². The summed E-state index contributed by atoms with van der Waals surface area (Å²) in [5.74, 6) is -4.29. The lowest BCUT2D eigenvalue weighted by atomic mass is 10.2. The predicted octanol–water partition coefficient (Wildman–Crippen LogP) is 1.40. The molecule has 0 aliphatic rings. The van der Waals surface area contributed by atoms with Crippen LogP contribution in [0.25, 0.3) is 10.9 Å². The molecule has 16 heavy (non-hydrogen) atoms. The Morgan fingerprint density at radius 1 is 0.938 bits per heavy atom. The first-order chi connectivity index (χ1) is 7.43. The van der Waals surface area contributed by atoms with E-state index in [0.717, 1.165) is 0 Å². The van der Waals surface area contributed by atoms with Gasteiger partial charge in [-0.15, -0.1) is 0 Å². The lowest BCUT2D eigenvalue weighted by Crippen LogP contribution is -2.24. The molecular weight excluding hydrogens is 293 g/mol. The molecule has 1 aromatic carbocycles. The fourth-order valence-corrected chi connectivity index (χ4v) is 1.64. The molecule has 0 atom stereocenters. The number of nitrogens with one attached hydrogen (secondary N) is 2. The molecule has 0 amide bonds. The van der Waals surface area contributed by atoms with Crippen molar-refractivity contribution in [3.63, 3.8) is 0 Å². The van der Waals surface area contributed by atoms with Gasteiger partial charge in [0.15, 0.2) is 17.5 Å². The van der Waals surface area contributed by atoms with Gasteiger partial charge in [-0.05, 0) is 15.9 Å². The molecular formula is C8H2BrF3N2O2. The number of aromatic amines is 2. The van der Waals surface area contributed by atoms with Crippen LogP contribution in [0.4, 0.5) is 13.2 Å². The molecule has 0 unspecified atom stereocenters. The average Bonchev–Trinajstić information content (AvgIpc) is 2.22. The monoisotopic (exact) mass is 294 g/mol. The number of hydrogen-bond acceptors (Lipinski definition) is 2. The van der Waals surface area contributed by atoms with E-state index < -0.39 is 44.1 Å². The SMILES string of the molecule is O=c1[nH]c(=O)c2c(F)c(F)c(Br)c(F)c2[nH]1. The third kappa shape index (κ3) is 1.37. The number of aromatic nitrogens is 2. The fraction of sp³-hybridized carbons (Fsp3) is 0. The van der Waals surface area contributed by atoms with Crippen LogP contribution in [-0.2, 0) is 0 Å². The second-order valence-corrected chi connectivity index (χ2v) is 3.71. The Labute approximate surface area is 93.2 Å². The van der Waals surface area contributed by atoms with E-state index in [1.807, 2.05) is 4.98 Å². The summed E-state index contributed by atoms with van der Waals surface area (Å²) in [6, 6.07) is 0. The minimum Gasteiger partial charge on any atom is -0.304 e. The van der Waals surface area contributed by atoms with Gasteiger partial charge < -0.3 is 4.98 Å². The normalized spacial score (nSPS) is 11.0. The molecule has 2 N–H and O–H groups in total. The number of rotatable bonds is 0. The Hall–Kier alpha value is -1.57. The van der Waals surface area contributed by atoms with Crippen LogP contribution in [0.2, 0.25) is 0 Å². The molecule has 0 saturated heterocycles. The largest absolute Gasteiger partial charge is 0.326 e. The van der Waals surface area contributed by atoms with Crippen molar-refractivity contribution in [2.75, 3.05) is 0 Å². The van der Waals surface area contributed by atoms with E-state index in [-0.39, 0.29) is 0 Å². The number of hydrogen-bond donors (Lipinski definition) is 2. The summed E-state index contributed by atoms with van der Waals surface area (Å²) in [4.78, 5) is 25.6. The van der Waals surface area contributed by atoms with E-state index in [2.05, 4.69) is 15.9 Å². The number of H-pyrrole nitrogens is 2. The van der Waals surface area contributed by atoms with E-state index in [0.29, 0.717) is 0 Å². The maximum Gasteiger partial charge on any atom is 0.326 e. The molecule has 8 heteroatoms. The quantitative estimate of drug-likeness (QED) is 0.570. The summed E-state index contributed by atoms with van der Waals surface area (Å²) < 4.78 is 39.1. The Morgan fingerprint density at radius 2 is 1.56 bits per heavy atom. The van der Waals surface area contributed by atoms with E-state index in [1.165, 1.54) is 0 Å². The van der Waals surface area contributed by atoms with Crippen LogP contribution in [0, 0.1) is 17.5 Å². The van der Waals surface area contributed by atoms with Crippen LogP contribution in [0.5, 0.6) is 0 Å². The third-order valence-corrected chi connectivity index (χ3v) is 2.66. The third-order valence-electron chi connectivity index (χ3n) is 1.96. The summed E-state index contributed by atoms with van der Waals surface area (Å²) in [5.41, 5.74) is -2.88. The van der Waals surface area contributed by atoms with Gasteiger partial charge in [-0.3, -0.25) is 9.78 Å². The predicted molar refractivity (Wildman–Crippen MR) is 52.8 cm³/mol. The van der Waals surface area contributed by atoms with Crippen molar-refractivity contribution in [1.82, 2.24) is 9.97 Å². The van der Waals surface area contributed by atoms with Gasteiger partial charge in [-0.1, -0.05) is 0 Å². The molecule has 84 valence electrons. The summed E-state index contributed by atoms with van der Waals surface area (Å²) in [7, 11) is 0. The maximum absolute atomic E-state index is 13.4. The molecule has 4 nitrogen and oxygen atoms in total. The lowest BCUT2D eigenvalue weighted by Gasteiger charge is -2.03. The van der Waals surface area contributed by atoms with Crippen molar-refractivity contribution < 1.29 is 13.2 Å². The molecule has 1 aromatic heterocycles. The minimum absolute atomic E-state index is 0.681. The molecule has 0 spiro atoms. The zero-order valence-electron chi connectivity index (χ0n) is 7.33. The van der Waals surface area contributed by atoms with Crippen molar-refractivity contribution in [2.24, 2.45) is 0 Å². The van der Waals surface area contributed by atoms with Gasteiger partial charge in [0.2, 0.25) is 0 Å². The summed E-state index contributed by atoms with van der Waals surface area (Å²) in [5, 5.41) is -0.863. The van der Waals surface area contributed by atoms with Gasteiger partial charge in [0.25, 0.3) is 5.56 Å². The average molecular weight is 295 g/mol. The van der Waals surface area contributed by atoms with Crippen LogP contribution in [0.1, 0.15) is 0 Å². The van der Waals surface area contributed by atoms with Gasteiger partial charge in [0.1, 0.15) is 5.39 Å². The standard InChI is InChI=1S/C8H2BrF3N2O2/c9-2-4(11)3(10)1-6(5(2)12)13-8(16)14-7(1)15/h(H2,13,14,15,16). The molecule has 0 radical (unpaired) electrons. The van der Waals surface area contributed by atoms with Crippen molar-refractivity contribution in [1.29, 1.82) is 0 Å². The summed E-state index contributed by atoms with van der Waals surface area (Å²) in [6.07, 6.45) is 0. The molecule has 0 fully saturated rings. The first-order valence-corrected chi connectivity index (χ1v) is 4.71. The highest BCUT2D eigenvalue weighted by atomic mass is 79.9. The number of halogens is 4. The smallest absolute Gasteiger partial charge is 0.304 e. The molecule has 0 saturated carbocycles. The Morgan fingerprint density at radius 3 is 2.19 bits per heavy atom. The highest BCUT2D eigenvalue weighted by Gasteiger charge is 2.21. The molecule has 0 aliphatic heterocycles. The Kier molecular flexibility index (Phi) is 2.38. The zero-order valence-corrected chi connectivity index (χ0v) is 8.91. The first kappa shape index (κ1) is 10.9. The molecule has 1 heterocycles. The van der Waals surface area contributed by atoms with Crippen molar-refractivity contribution in [3.05, 3.63) is 42.8 Å². The van der Waals surface area contributed by atoms with Gasteiger partial charge in [-0.2, -0.15) is 0 Å². The molecule has 2 aromatic rings. The summed E-state index contributed by atoms with van der Waals surface area (Å²) in [6.45, 7) is 0. The maximum atomic E-state index is 13.4. The van der Waals surface area contributed by atoms with Crippen LogP contribution in [-0.4, -0.2) is 9.97 Å². The fourth-order valence-electron chi connectivity index (χ4n) is 1.27. The molecule has 2 rings (SSSR count). The van der Waals surface area contributed by atoms with Gasteiger partial charge in [0, 0.05) is 0 Å². The van der Waals surface area contributed by atoms with Gasteiger partial charge in [-0.25, -0.2) is 18.0 Å². The first-order valence-electron chi connectivity index (χ1n) is 3.91. The molecule has 0 bridgehead atoms. The van der Waals surface area contributed by atoms with Crippen LogP contribution >= 0.6 is 15.9 Å². The second kappa shape index (κ2) is 3.48. The topological polar surface area (TPSA) is 65.7 Å². The highest BCUT2D eigenvalue weighted by molar-refractivity contribution is 9.10. The van der Waals surface area contributed by atoms with Crippen LogP contribution < -0.4 is 11.2 Å². The van der Waals surface area contributed by atoms with Crippen molar-refractivity contribution >= 4 is 26.8 Å². The van der Waals surface area contributed by atoms with Gasteiger partial charge in [0.05, 0.1) is 9.99 Å². The number of benzene rings is 1. The van der Waals surface area contributed by atoms with E-state index >= 15 is 0 Å². The highest BCUT2D eigenvalue weighted by Crippen LogP contribution is 2.27. The minimum atomic E-state index is -1.53. The van der Waals surface area contributed by atoms with Crippen LogP contribution in [0.3, 0.4) is 0 Å². The van der Waals surface area contributed by atoms with Crippen LogP contribution in [0.15, 0.2) is 14.1 Å². The lowest BCUT2D eigenvalue weighted by molar-refractivity contribution is 0.497. The van der Waals surface area contributed by atoms with E-state index in [9.17, 15) is 22.8 Å². The van der Waals surface area contributed by atoms with E-state index in [4.69, 9.17) is 0 Å². The van der Waals surface area contributed by atoms with Crippen molar-refractivity contribution in [2.45, 2.75) is 0 Å². The Bertz CT molecular complexity index is 707. The summed E-state index contributed by atoms with van der Waals surface area (Å²) >= 11 is 2.48. The Balaban J connectivity index is 3.21. The van der Waals surface area contributed by atoms with Crippen molar-refractivity contribution in [3.8, 4) is 0 Å². The zero-order chi connectivity index (χ0) is 12.0.